The van der Waals surface area contributed by atoms with Crippen LogP contribution in [0, 0.1) is 6.92 Å². The van der Waals surface area contributed by atoms with Crippen LogP contribution in [-0.4, -0.2) is 5.11 Å². The van der Waals surface area contributed by atoms with Gasteiger partial charge < -0.3 is 10.8 Å². The summed E-state index contributed by atoms with van der Waals surface area (Å²) in [7, 11) is 0. The molecule has 0 aliphatic heterocycles. The highest BCUT2D eigenvalue weighted by Crippen LogP contribution is 2.21. The zero-order chi connectivity index (χ0) is 9.84. The summed E-state index contributed by atoms with van der Waals surface area (Å²) in [6.45, 7) is 5.50. The molecule has 0 saturated heterocycles. The van der Waals surface area contributed by atoms with Gasteiger partial charge in [0.1, 0.15) is 5.75 Å². The first kappa shape index (κ1) is 13.0. The van der Waals surface area contributed by atoms with Gasteiger partial charge in [0.2, 0.25) is 0 Å². The van der Waals surface area contributed by atoms with Gasteiger partial charge in [-0.25, -0.2) is 0 Å². The second-order valence-corrected chi connectivity index (χ2v) is 3.18. The summed E-state index contributed by atoms with van der Waals surface area (Å²) in [4.78, 5) is 0. The van der Waals surface area contributed by atoms with E-state index in [1.807, 2.05) is 19.1 Å². The van der Waals surface area contributed by atoms with Crippen molar-refractivity contribution in [1.29, 1.82) is 0 Å². The van der Waals surface area contributed by atoms with Crippen LogP contribution in [0.15, 0.2) is 30.9 Å². The SMILES string of the molecule is C=CC[C@H](N)c1ccc(O)c(C)c1.Cl. The Kier molecular flexibility index (Phi) is 5.28. The number of phenolic OH excluding ortho intramolecular Hbond substituents is 1. The van der Waals surface area contributed by atoms with Crippen molar-refractivity contribution in [2.45, 2.75) is 19.4 Å². The van der Waals surface area contributed by atoms with Gasteiger partial charge in [-0.15, -0.1) is 19.0 Å². The minimum atomic E-state index is -0.0169. The highest BCUT2D eigenvalue weighted by atomic mass is 35.5. The van der Waals surface area contributed by atoms with Crippen molar-refractivity contribution < 1.29 is 5.11 Å². The molecule has 0 amide bonds. The molecule has 3 heteroatoms. The highest BCUT2D eigenvalue weighted by molar-refractivity contribution is 5.85. The maximum atomic E-state index is 9.29. The Morgan fingerprint density at radius 2 is 2.21 bits per heavy atom. The molecule has 78 valence electrons. The predicted molar refractivity (Wildman–Crippen MR) is 61.8 cm³/mol. The van der Waals surface area contributed by atoms with Crippen LogP contribution in [0.1, 0.15) is 23.6 Å². The van der Waals surface area contributed by atoms with Crippen molar-refractivity contribution >= 4 is 12.4 Å². The van der Waals surface area contributed by atoms with Crippen molar-refractivity contribution in [1.82, 2.24) is 0 Å². The van der Waals surface area contributed by atoms with Crippen molar-refractivity contribution in [2.75, 3.05) is 0 Å². The maximum Gasteiger partial charge on any atom is 0.118 e. The lowest BCUT2D eigenvalue weighted by Gasteiger charge is -2.10. The smallest absolute Gasteiger partial charge is 0.118 e. The van der Waals surface area contributed by atoms with Crippen LogP contribution in [0.3, 0.4) is 0 Å². The average Bonchev–Trinajstić information content (AvgIpc) is 2.10. The van der Waals surface area contributed by atoms with E-state index in [0.29, 0.717) is 5.75 Å². The molecule has 0 spiro atoms. The molecule has 0 radical (unpaired) electrons. The van der Waals surface area contributed by atoms with Crippen molar-refractivity contribution in [3.05, 3.63) is 42.0 Å². The van der Waals surface area contributed by atoms with Gasteiger partial charge in [-0.3, -0.25) is 0 Å². The number of hydrogen-bond donors (Lipinski definition) is 2. The Morgan fingerprint density at radius 1 is 1.57 bits per heavy atom. The van der Waals surface area contributed by atoms with Crippen LogP contribution in [0.4, 0.5) is 0 Å². The minimum Gasteiger partial charge on any atom is -0.508 e. The molecule has 0 heterocycles. The van der Waals surface area contributed by atoms with Gasteiger partial charge in [0.05, 0.1) is 0 Å². The first-order valence-electron chi connectivity index (χ1n) is 4.31. The van der Waals surface area contributed by atoms with Gasteiger partial charge in [0, 0.05) is 6.04 Å². The van der Waals surface area contributed by atoms with Crippen LogP contribution in [0.5, 0.6) is 5.75 Å². The number of aromatic hydroxyl groups is 1. The Labute approximate surface area is 90.9 Å². The molecule has 0 saturated carbocycles. The van der Waals surface area contributed by atoms with Gasteiger partial charge in [-0.05, 0) is 30.5 Å². The Bertz CT molecular complexity index is 312. The summed E-state index contributed by atoms with van der Waals surface area (Å²) in [5, 5.41) is 9.29. The Balaban J connectivity index is 0.00000169. The topological polar surface area (TPSA) is 46.2 Å². The summed E-state index contributed by atoms with van der Waals surface area (Å²) in [5.74, 6) is 0.314. The highest BCUT2D eigenvalue weighted by Gasteiger charge is 2.05. The van der Waals surface area contributed by atoms with Crippen LogP contribution in [-0.2, 0) is 0 Å². The molecule has 2 nitrogen and oxygen atoms in total. The Morgan fingerprint density at radius 3 is 2.71 bits per heavy atom. The van der Waals surface area contributed by atoms with E-state index >= 15 is 0 Å². The lowest BCUT2D eigenvalue weighted by molar-refractivity contribution is 0.470. The molecule has 1 aromatic carbocycles. The zero-order valence-corrected chi connectivity index (χ0v) is 9.05. The minimum absolute atomic E-state index is 0. The van der Waals surface area contributed by atoms with Crippen molar-refractivity contribution in [2.24, 2.45) is 5.73 Å². The largest absolute Gasteiger partial charge is 0.508 e. The van der Waals surface area contributed by atoms with Gasteiger partial charge >= 0.3 is 0 Å². The van der Waals surface area contributed by atoms with Crippen molar-refractivity contribution in [3.8, 4) is 5.75 Å². The lowest BCUT2D eigenvalue weighted by Crippen LogP contribution is -2.08. The third kappa shape index (κ3) is 3.05. The molecule has 0 aliphatic carbocycles. The second-order valence-electron chi connectivity index (χ2n) is 3.18. The molecule has 1 aromatic rings. The van der Waals surface area contributed by atoms with Crippen LogP contribution in [0.25, 0.3) is 0 Å². The zero-order valence-electron chi connectivity index (χ0n) is 8.23. The quantitative estimate of drug-likeness (QED) is 0.759. The number of halogens is 1. The first-order chi connectivity index (χ1) is 6.15. The number of benzene rings is 1. The van der Waals surface area contributed by atoms with E-state index in [1.54, 1.807) is 12.1 Å². The third-order valence-corrected chi connectivity index (χ3v) is 2.07. The van der Waals surface area contributed by atoms with E-state index in [-0.39, 0.29) is 18.4 Å². The van der Waals surface area contributed by atoms with Crippen LogP contribution < -0.4 is 5.73 Å². The number of rotatable bonds is 3. The first-order valence-corrected chi connectivity index (χ1v) is 4.31. The van der Waals surface area contributed by atoms with Crippen molar-refractivity contribution in [3.63, 3.8) is 0 Å². The van der Waals surface area contributed by atoms with E-state index in [2.05, 4.69) is 6.58 Å². The molecule has 0 unspecified atom stereocenters. The summed E-state index contributed by atoms with van der Waals surface area (Å²) >= 11 is 0. The lowest BCUT2D eigenvalue weighted by atomic mass is 10.0. The molecule has 1 rings (SSSR count). The van der Waals surface area contributed by atoms with Crippen LogP contribution in [0.2, 0.25) is 0 Å². The molecule has 3 N–H and O–H groups in total. The van der Waals surface area contributed by atoms with Gasteiger partial charge in [0.25, 0.3) is 0 Å². The van der Waals surface area contributed by atoms with E-state index in [0.717, 1.165) is 17.5 Å². The molecular weight excluding hydrogens is 198 g/mol. The van der Waals surface area contributed by atoms with Gasteiger partial charge in [0.15, 0.2) is 0 Å². The molecule has 0 aromatic heterocycles. The van der Waals surface area contributed by atoms with Gasteiger partial charge in [-0.2, -0.15) is 0 Å². The molecule has 1 atom stereocenters. The molecule has 14 heavy (non-hydrogen) atoms. The number of aryl methyl sites for hydroxylation is 1. The third-order valence-electron chi connectivity index (χ3n) is 2.07. The summed E-state index contributed by atoms with van der Waals surface area (Å²) in [5.41, 5.74) is 7.77. The number of hydrogen-bond acceptors (Lipinski definition) is 2. The maximum absolute atomic E-state index is 9.29. The molecular formula is C11H16ClNO. The monoisotopic (exact) mass is 213 g/mol. The fraction of sp³-hybridized carbons (Fsp3) is 0.273. The average molecular weight is 214 g/mol. The molecule has 0 fully saturated rings. The predicted octanol–water partition coefficient (Wildman–Crippen LogP) is 2.70. The Hall–Kier alpha value is -0.990. The molecule has 0 bridgehead atoms. The van der Waals surface area contributed by atoms with E-state index < -0.39 is 0 Å². The fourth-order valence-corrected chi connectivity index (χ4v) is 1.22. The fourth-order valence-electron chi connectivity index (χ4n) is 1.22. The van der Waals surface area contributed by atoms with E-state index in [1.165, 1.54) is 0 Å². The normalized spacial score (nSPS) is 11.6. The summed E-state index contributed by atoms with van der Waals surface area (Å²) in [6.07, 6.45) is 2.55. The molecule has 0 aliphatic rings. The summed E-state index contributed by atoms with van der Waals surface area (Å²) in [6, 6.07) is 5.41. The van der Waals surface area contributed by atoms with Gasteiger partial charge in [-0.1, -0.05) is 18.2 Å². The summed E-state index contributed by atoms with van der Waals surface area (Å²) < 4.78 is 0. The number of phenols is 1. The number of nitrogens with two attached hydrogens (primary N) is 1. The standard InChI is InChI=1S/C11H15NO.ClH/c1-3-4-10(12)9-5-6-11(13)8(2)7-9;/h3,5-7,10,13H,1,4,12H2,2H3;1H/t10-;/m0./s1. The van der Waals surface area contributed by atoms with E-state index in [4.69, 9.17) is 5.73 Å². The van der Waals surface area contributed by atoms with E-state index in [9.17, 15) is 5.11 Å². The van der Waals surface area contributed by atoms with Crippen LogP contribution >= 0.6 is 12.4 Å². The second kappa shape index (κ2) is 5.68.